The van der Waals surface area contributed by atoms with E-state index in [-0.39, 0.29) is 85.5 Å². The third-order valence-corrected chi connectivity index (χ3v) is 12.6. The van der Waals surface area contributed by atoms with Crippen LogP contribution in [-0.4, -0.2) is 84.0 Å². The molecule has 3 aromatic carbocycles. The molecule has 0 unspecified atom stereocenters. The first kappa shape index (κ1) is 55.0. The Labute approximate surface area is 416 Å². The number of hydrogen-bond acceptors (Lipinski definition) is 9. The van der Waals surface area contributed by atoms with E-state index in [0.29, 0.717) is 17.9 Å². The molecule has 0 saturated heterocycles. The fourth-order valence-electron chi connectivity index (χ4n) is 8.71. The summed E-state index contributed by atoms with van der Waals surface area (Å²) < 4.78 is 11.6. The van der Waals surface area contributed by atoms with Gasteiger partial charge in [-0.05, 0) is 107 Å². The van der Waals surface area contributed by atoms with E-state index >= 15 is 0 Å². The summed E-state index contributed by atoms with van der Waals surface area (Å²) in [6.07, 6.45) is 6.09. The number of anilines is 2. The Hall–Kier alpha value is -5.92. The van der Waals surface area contributed by atoms with Crippen LogP contribution in [0.25, 0.3) is 0 Å². The zero-order chi connectivity index (χ0) is 51.6. The summed E-state index contributed by atoms with van der Waals surface area (Å²) in [6.45, 7) is 23.2. The number of carbonyl (C=O) groups excluding carboxylic acids is 6. The Bertz CT molecular complexity index is 2280. The molecular weight excluding hydrogens is 885 g/mol. The molecule has 0 bridgehead atoms. The van der Waals surface area contributed by atoms with Crippen LogP contribution in [0.3, 0.4) is 0 Å². The number of esters is 1. The molecule has 3 atom stereocenters. The van der Waals surface area contributed by atoms with Gasteiger partial charge in [0.1, 0.15) is 29.0 Å². The molecule has 0 spiro atoms. The predicted octanol–water partition coefficient (Wildman–Crippen LogP) is 8.76. The number of rotatable bonds is 17. The highest BCUT2D eigenvalue weighted by Crippen LogP contribution is 2.38. The van der Waals surface area contributed by atoms with E-state index in [9.17, 15) is 28.8 Å². The van der Waals surface area contributed by atoms with Crippen molar-refractivity contribution < 1.29 is 38.2 Å². The van der Waals surface area contributed by atoms with E-state index in [4.69, 9.17) is 9.47 Å². The Morgan fingerprint density at radius 2 is 1.30 bits per heavy atom. The lowest BCUT2D eigenvalue weighted by Crippen LogP contribution is -2.56. The van der Waals surface area contributed by atoms with Crippen LogP contribution in [0.1, 0.15) is 145 Å². The molecular formula is C56H80N6O8. The smallest absolute Gasteiger partial charge is 0.329 e. The molecule has 14 heteroatoms. The van der Waals surface area contributed by atoms with Gasteiger partial charge in [0.05, 0.1) is 24.3 Å². The number of amides is 5. The molecule has 1 heterocycles. The van der Waals surface area contributed by atoms with Crippen molar-refractivity contribution in [1.82, 2.24) is 21.3 Å². The topological polar surface area (TPSA) is 175 Å². The Morgan fingerprint density at radius 1 is 0.700 bits per heavy atom. The summed E-state index contributed by atoms with van der Waals surface area (Å²) in [5, 5.41) is 11.9. The van der Waals surface area contributed by atoms with E-state index in [1.807, 2.05) is 135 Å². The molecule has 4 N–H and O–H groups in total. The van der Waals surface area contributed by atoms with Crippen molar-refractivity contribution in [3.8, 4) is 5.75 Å². The van der Waals surface area contributed by atoms with Crippen molar-refractivity contribution in [3.63, 3.8) is 0 Å². The van der Waals surface area contributed by atoms with Gasteiger partial charge in [-0.3, -0.25) is 19.2 Å². The van der Waals surface area contributed by atoms with E-state index in [1.165, 1.54) is 6.42 Å². The number of fused-ring (bicyclic) bond motifs is 1. The highest BCUT2D eigenvalue weighted by Gasteiger charge is 2.39. The number of nitrogens with one attached hydrogen (secondary N) is 4. The van der Waals surface area contributed by atoms with Gasteiger partial charge in [0.25, 0.3) is 5.91 Å². The molecule has 3 aromatic rings. The molecule has 1 fully saturated rings. The van der Waals surface area contributed by atoms with E-state index in [1.54, 1.807) is 25.7 Å². The summed E-state index contributed by atoms with van der Waals surface area (Å²) in [5.41, 5.74) is 1.83. The number of para-hydroxylation sites is 2. The van der Waals surface area contributed by atoms with Gasteiger partial charge in [0.2, 0.25) is 11.8 Å². The van der Waals surface area contributed by atoms with Crippen LogP contribution in [-0.2, 0) is 48.1 Å². The van der Waals surface area contributed by atoms with Gasteiger partial charge >= 0.3 is 12.0 Å². The second-order valence-electron chi connectivity index (χ2n) is 23.1. The highest BCUT2D eigenvalue weighted by atomic mass is 16.6. The molecule has 70 heavy (non-hydrogen) atoms. The standard InChI is InChI=1S/C56H80N6O8/c1-53(2,3)46(30-31-48(64)58-42(51(67)70-56(10,11)12)32-37-26-28-41(29-27-37)69-55(7,8)9)60-49(65)33-38-22-24-39(25-23-38)34-57-52(68)59-43-35-61(40-18-14-13-15-19-40)44-20-16-17-21-45(44)62(50(43)66)36-47(63)54(4,5)6/h16-17,20-29,40,42-43,46H,13-15,18-19,30-36H2,1-12H3,(H,58,64)(H,60,65)(H2,57,59,68)/t42-,43+,46+/m0/s1. The van der Waals surface area contributed by atoms with Crippen LogP contribution in [0.5, 0.6) is 5.75 Å². The van der Waals surface area contributed by atoms with E-state index in [0.717, 1.165) is 48.1 Å². The normalized spacial score (nSPS) is 16.8. The average molecular weight is 965 g/mol. The third kappa shape index (κ3) is 16.9. The van der Waals surface area contributed by atoms with Crippen LogP contribution in [0.4, 0.5) is 16.2 Å². The van der Waals surface area contributed by atoms with Crippen molar-refractivity contribution >= 4 is 46.9 Å². The highest BCUT2D eigenvalue weighted by molar-refractivity contribution is 6.07. The average Bonchev–Trinajstić information content (AvgIpc) is 3.37. The maximum atomic E-state index is 14.3. The van der Waals surface area contributed by atoms with Crippen molar-refractivity contribution in [2.45, 2.75) is 183 Å². The fraction of sp³-hybridized carbons (Fsp3) is 0.571. The predicted molar refractivity (Wildman–Crippen MR) is 276 cm³/mol. The molecule has 1 aliphatic heterocycles. The Morgan fingerprint density at radius 3 is 1.89 bits per heavy atom. The van der Waals surface area contributed by atoms with Gasteiger partial charge in [-0.15, -0.1) is 0 Å². The quantitative estimate of drug-likeness (QED) is 0.0965. The number of ketones is 1. The lowest BCUT2D eigenvalue weighted by Gasteiger charge is -2.37. The molecule has 2 aliphatic rings. The number of urea groups is 1. The fourth-order valence-corrected chi connectivity index (χ4v) is 8.71. The lowest BCUT2D eigenvalue weighted by molar-refractivity contribution is -0.158. The zero-order valence-corrected chi connectivity index (χ0v) is 43.9. The molecule has 14 nitrogen and oxygen atoms in total. The number of Topliss-reactive ketones (excluding diaryl/α,β-unsaturated/α-hetero) is 1. The van der Waals surface area contributed by atoms with Crippen molar-refractivity contribution in [1.29, 1.82) is 0 Å². The van der Waals surface area contributed by atoms with Gasteiger partial charge in [-0.25, -0.2) is 9.59 Å². The largest absolute Gasteiger partial charge is 0.488 e. The first-order valence-electron chi connectivity index (χ1n) is 25.1. The van der Waals surface area contributed by atoms with Crippen LogP contribution < -0.4 is 35.8 Å². The first-order valence-corrected chi connectivity index (χ1v) is 25.1. The van der Waals surface area contributed by atoms with Crippen molar-refractivity contribution in [3.05, 3.63) is 89.5 Å². The van der Waals surface area contributed by atoms with Gasteiger partial charge < -0.3 is 40.5 Å². The van der Waals surface area contributed by atoms with Gasteiger partial charge in [0, 0.05) is 43.4 Å². The van der Waals surface area contributed by atoms with Crippen LogP contribution >= 0.6 is 0 Å². The second kappa shape index (κ2) is 23.3. The summed E-state index contributed by atoms with van der Waals surface area (Å²) in [6, 6.07) is 20.1. The third-order valence-electron chi connectivity index (χ3n) is 12.6. The number of ether oxygens (including phenoxy) is 2. The van der Waals surface area contributed by atoms with Crippen molar-refractivity contribution in [2.24, 2.45) is 10.8 Å². The van der Waals surface area contributed by atoms with Gasteiger partial charge in [-0.1, -0.05) is 109 Å². The van der Waals surface area contributed by atoms with E-state index < -0.39 is 35.1 Å². The molecule has 5 amide bonds. The maximum Gasteiger partial charge on any atom is 0.329 e. The minimum atomic E-state index is -0.917. The van der Waals surface area contributed by atoms with E-state index in [2.05, 4.69) is 26.2 Å². The number of carbonyl (C=O) groups is 6. The van der Waals surface area contributed by atoms with Crippen molar-refractivity contribution in [2.75, 3.05) is 22.9 Å². The first-order chi connectivity index (χ1) is 32.6. The summed E-state index contributed by atoms with van der Waals surface area (Å²) in [7, 11) is 0. The zero-order valence-electron chi connectivity index (χ0n) is 43.9. The summed E-state index contributed by atoms with van der Waals surface area (Å²) in [4.78, 5) is 85.4. The Balaban J connectivity index is 1.16. The second-order valence-corrected chi connectivity index (χ2v) is 23.1. The van der Waals surface area contributed by atoms with Gasteiger partial charge in [0.15, 0.2) is 5.78 Å². The number of benzene rings is 3. The number of hydrogen-bond donors (Lipinski definition) is 4. The summed E-state index contributed by atoms with van der Waals surface area (Å²) in [5.74, 6) is -0.758. The molecule has 0 radical (unpaired) electrons. The maximum absolute atomic E-state index is 14.3. The molecule has 1 aliphatic carbocycles. The monoisotopic (exact) mass is 965 g/mol. The lowest BCUT2D eigenvalue weighted by atomic mass is 9.83. The molecule has 382 valence electrons. The van der Waals surface area contributed by atoms with Crippen LogP contribution in [0.2, 0.25) is 0 Å². The van der Waals surface area contributed by atoms with Crippen LogP contribution in [0, 0.1) is 10.8 Å². The SMILES string of the molecule is CC(C)(C)OC(=O)[C@H](Cc1ccc(OC(C)(C)C)cc1)NC(=O)CC[C@@H](NC(=O)Cc1ccc(CNC(=O)N[C@@H]2CN(C3CCCCC3)c3ccccc3N(CC(=O)C(C)(C)C)C2=O)cc1)C(C)(C)C. The minimum Gasteiger partial charge on any atom is -0.488 e. The summed E-state index contributed by atoms with van der Waals surface area (Å²) >= 11 is 0. The molecule has 0 aromatic heterocycles. The van der Waals surface area contributed by atoms with Gasteiger partial charge in [-0.2, -0.15) is 0 Å². The Kier molecular flexibility index (Phi) is 18.3. The molecule has 1 saturated carbocycles. The minimum absolute atomic E-state index is 0.0750. The van der Waals surface area contributed by atoms with Crippen LogP contribution in [0.15, 0.2) is 72.8 Å². The molecule has 5 rings (SSSR count). The number of nitrogens with zero attached hydrogens (tertiary/aromatic N) is 2.